The Morgan fingerprint density at radius 2 is 1.50 bits per heavy atom. The second kappa shape index (κ2) is 7.61. The van der Waals surface area contributed by atoms with Crippen molar-refractivity contribution in [1.82, 2.24) is 4.72 Å². The SMILES string of the molecule is O=C(Nc1c2c(cc3c1CCC3)CCC2)NS(=O)(=O)Cc1ccc(C(F)(F)F)cc1. The van der Waals surface area contributed by atoms with Gasteiger partial charge in [-0.15, -0.1) is 0 Å². The maximum atomic E-state index is 12.6. The van der Waals surface area contributed by atoms with Gasteiger partial charge in [-0.2, -0.15) is 13.2 Å². The van der Waals surface area contributed by atoms with Gasteiger partial charge < -0.3 is 5.32 Å². The van der Waals surface area contributed by atoms with Crippen LogP contribution in [0.2, 0.25) is 0 Å². The van der Waals surface area contributed by atoms with Crippen LogP contribution in [-0.2, 0) is 47.6 Å². The van der Waals surface area contributed by atoms with Gasteiger partial charge >= 0.3 is 12.2 Å². The molecule has 0 heterocycles. The third-order valence-corrected chi connectivity index (χ3v) is 6.81. The molecule has 2 N–H and O–H groups in total. The molecule has 2 aromatic carbocycles. The number of carbonyl (C=O) groups excluding carboxylic acids is 1. The largest absolute Gasteiger partial charge is 0.416 e. The Labute approximate surface area is 172 Å². The molecule has 0 aliphatic heterocycles. The summed E-state index contributed by atoms with van der Waals surface area (Å²) >= 11 is 0. The van der Waals surface area contributed by atoms with Crippen LogP contribution in [0.1, 0.15) is 46.2 Å². The van der Waals surface area contributed by atoms with E-state index in [1.165, 1.54) is 11.1 Å². The average molecular weight is 438 g/mol. The summed E-state index contributed by atoms with van der Waals surface area (Å²) in [7, 11) is -4.07. The maximum Gasteiger partial charge on any atom is 0.416 e. The Kier molecular flexibility index (Phi) is 5.25. The summed E-state index contributed by atoms with van der Waals surface area (Å²) in [5.74, 6) is -0.594. The first-order chi connectivity index (χ1) is 14.1. The number of rotatable bonds is 4. The predicted molar refractivity (Wildman–Crippen MR) is 107 cm³/mol. The number of hydrogen-bond acceptors (Lipinski definition) is 3. The zero-order valence-electron chi connectivity index (χ0n) is 16.1. The first-order valence-corrected chi connectivity index (χ1v) is 11.4. The van der Waals surface area contributed by atoms with Crippen molar-refractivity contribution in [2.45, 2.75) is 50.5 Å². The van der Waals surface area contributed by atoms with E-state index >= 15 is 0 Å². The van der Waals surface area contributed by atoms with Gasteiger partial charge in [-0.05, 0) is 78.5 Å². The van der Waals surface area contributed by atoms with Crippen LogP contribution in [0.25, 0.3) is 0 Å². The van der Waals surface area contributed by atoms with Crippen molar-refractivity contribution < 1.29 is 26.4 Å². The van der Waals surface area contributed by atoms with Crippen LogP contribution in [0.5, 0.6) is 0 Å². The van der Waals surface area contributed by atoms with E-state index in [1.807, 2.05) is 4.72 Å². The minimum absolute atomic E-state index is 0.157. The molecule has 0 fully saturated rings. The second-order valence-corrected chi connectivity index (χ2v) is 9.47. The van der Waals surface area contributed by atoms with Gasteiger partial charge in [0.15, 0.2) is 0 Å². The van der Waals surface area contributed by atoms with Crippen LogP contribution < -0.4 is 10.0 Å². The maximum absolute atomic E-state index is 12.6. The van der Waals surface area contributed by atoms with Crippen LogP contribution in [0, 0.1) is 0 Å². The molecule has 2 aliphatic rings. The van der Waals surface area contributed by atoms with Crippen LogP contribution in [0.15, 0.2) is 30.3 Å². The van der Waals surface area contributed by atoms with Gasteiger partial charge in [-0.1, -0.05) is 18.2 Å². The first kappa shape index (κ1) is 20.7. The van der Waals surface area contributed by atoms with Crippen LogP contribution >= 0.6 is 0 Å². The Hall–Kier alpha value is -2.55. The van der Waals surface area contributed by atoms with Gasteiger partial charge in [0.05, 0.1) is 11.3 Å². The van der Waals surface area contributed by atoms with Gasteiger partial charge in [0.2, 0.25) is 10.0 Å². The minimum Gasteiger partial charge on any atom is -0.307 e. The number of urea groups is 1. The van der Waals surface area contributed by atoms with Gasteiger partial charge in [-0.3, -0.25) is 0 Å². The molecular weight excluding hydrogens is 417 g/mol. The zero-order valence-corrected chi connectivity index (χ0v) is 16.9. The van der Waals surface area contributed by atoms with E-state index in [-0.39, 0.29) is 5.56 Å². The number of anilines is 1. The Bertz CT molecular complexity index is 1060. The van der Waals surface area contributed by atoms with E-state index in [2.05, 4.69) is 11.4 Å². The number of alkyl halides is 3. The van der Waals surface area contributed by atoms with E-state index in [4.69, 9.17) is 0 Å². The highest BCUT2D eigenvalue weighted by Gasteiger charge is 2.30. The Balaban J connectivity index is 1.47. The van der Waals surface area contributed by atoms with Crippen molar-refractivity contribution in [3.8, 4) is 0 Å². The molecule has 0 saturated heterocycles. The van der Waals surface area contributed by atoms with Crippen molar-refractivity contribution in [2.24, 2.45) is 0 Å². The smallest absolute Gasteiger partial charge is 0.307 e. The molecule has 0 aromatic heterocycles. The van der Waals surface area contributed by atoms with Crippen molar-refractivity contribution in [3.05, 3.63) is 63.7 Å². The zero-order chi connectivity index (χ0) is 21.5. The number of benzene rings is 2. The van der Waals surface area contributed by atoms with Crippen molar-refractivity contribution in [3.63, 3.8) is 0 Å². The van der Waals surface area contributed by atoms with E-state index in [0.717, 1.165) is 79.6 Å². The molecular formula is C21H21F3N2O3S. The monoisotopic (exact) mass is 438 g/mol. The molecule has 0 bridgehead atoms. The lowest BCUT2D eigenvalue weighted by molar-refractivity contribution is -0.137. The molecule has 2 amide bonds. The molecule has 0 unspecified atom stereocenters. The lowest BCUT2D eigenvalue weighted by atomic mass is 9.99. The molecule has 5 nitrogen and oxygen atoms in total. The number of sulfonamides is 1. The van der Waals surface area contributed by atoms with Crippen molar-refractivity contribution in [1.29, 1.82) is 0 Å². The topological polar surface area (TPSA) is 75.3 Å². The second-order valence-electron chi connectivity index (χ2n) is 7.74. The highest BCUT2D eigenvalue weighted by Crippen LogP contribution is 2.38. The summed E-state index contributed by atoms with van der Waals surface area (Å²) in [6.07, 6.45) is 1.09. The fraction of sp³-hybridized carbons (Fsp3) is 0.381. The molecule has 0 atom stereocenters. The third kappa shape index (κ3) is 4.30. The van der Waals surface area contributed by atoms with E-state index in [1.54, 1.807) is 0 Å². The molecule has 30 heavy (non-hydrogen) atoms. The molecule has 2 aromatic rings. The lowest BCUT2D eigenvalue weighted by Gasteiger charge is -2.16. The number of amides is 2. The minimum atomic E-state index is -4.49. The number of nitrogens with one attached hydrogen (secondary N) is 2. The summed E-state index contributed by atoms with van der Waals surface area (Å²) in [6, 6.07) is 5.18. The predicted octanol–water partition coefficient (Wildman–Crippen LogP) is 4.33. The molecule has 0 radical (unpaired) electrons. The van der Waals surface area contributed by atoms with Gasteiger partial charge in [-0.25, -0.2) is 17.9 Å². The first-order valence-electron chi connectivity index (χ1n) is 9.76. The Morgan fingerprint density at radius 3 is 2.03 bits per heavy atom. The van der Waals surface area contributed by atoms with E-state index in [9.17, 15) is 26.4 Å². The fourth-order valence-electron chi connectivity index (χ4n) is 4.29. The van der Waals surface area contributed by atoms with Crippen LogP contribution in [0.4, 0.5) is 23.7 Å². The fourth-order valence-corrected chi connectivity index (χ4v) is 5.33. The Morgan fingerprint density at radius 1 is 0.933 bits per heavy atom. The summed E-state index contributed by atoms with van der Waals surface area (Å²) in [5.41, 5.74) is 4.58. The average Bonchev–Trinajstić information content (AvgIpc) is 3.29. The number of halogens is 3. The number of carbonyl (C=O) groups is 1. The van der Waals surface area contributed by atoms with Crippen LogP contribution in [-0.4, -0.2) is 14.4 Å². The number of hydrogen-bond donors (Lipinski definition) is 2. The molecule has 0 spiro atoms. The number of fused-ring (bicyclic) bond motifs is 2. The quantitative estimate of drug-likeness (QED) is 0.746. The third-order valence-electron chi connectivity index (χ3n) is 5.60. The molecule has 9 heteroatoms. The summed E-state index contributed by atoms with van der Waals surface area (Å²) in [4.78, 5) is 12.5. The summed E-state index contributed by atoms with van der Waals surface area (Å²) in [6.45, 7) is 0. The van der Waals surface area contributed by atoms with Gasteiger partial charge in [0.25, 0.3) is 0 Å². The van der Waals surface area contributed by atoms with E-state index < -0.39 is 33.5 Å². The van der Waals surface area contributed by atoms with Crippen LogP contribution in [0.3, 0.4) is 0 Å². The summed E-state index contributed by atoms with van der Waals surface area (Å²) < 4.78 is 64.6. The molecule has 4 rings (SSSR count). The highest BCUT2D eigenvalue weighted by molar-refractivity contribution is 7.89. The van der Waals surface area contributed by atoms with Crippen molar-refractivity contribution in [2.75, 3.05) is 5.32 Å². The van der Waals surface area contributed by atoms with Gasteiger partial charge in [0, 0.05) is 5.69 Å². The van der Waals surface area contributed by atoms with Crippen molar-refractivity contribution >= 4 is 21.7 Å². The standard InChI is InChI=1S/C21H21F3N2O3S/c22-21(23,24)16-9-7-13(8-10-16)12-30(28,29)26-20(27)25-19-17-5-1-3-14(17)11-15-4-2-6-18(15)19/h7-11H,1-6,12H2,(H2,25,26,27). The molecule has 0 saturated carbocycles. The highest BCUT2D eigenvalue weighted by atomic mass is 32.2. The summed E-state index contributed by atoms with van der Waals surface area (Å²) in [5, 5.41) is 2.74. The lowest BCUT2D eigenvalue weighted by Crippen LogP contribution is -2.35. The molecule has 160 valence electrons. The number of aryl methyl sites for hydroxylation is 2. The van der Waals surface area contributed by atoms with Gasteiger partial charge in [0.1, 0.15) is 0 Å². The molecule has 2 aliphatic carbocycles. The normalized spacial score (nSPS) is 15.6. The van der Waals surface area contributed by atoms with E-state index in [0.29, 0.717) is 0 Å².